The molecule has 1 heterocycles. The summed E-state index contributed by atoms with van der Waals surface area (Å²) < 4.78 is 0. The van der Waals surface area contributed by atoms with E-state index in [-0.39, 0.29) is 0 Å². The Bertz CT molecular complexity index is 635. The molecule has 1 atom stereocenters. The molecular formula is C15H10ClNO2. The maximum Gasteiger partial charge on any atom is 0.358 e. The van der Waals surface area contributed by atoms with Gasteiger partial charge in [0.15, 0.2) is 5.38 Å². The van der Waals surface area contributed by atoms with E-state index in [1.807, 2.05) is 54.6 Å². The fraction of sp³-hybridized carbons (Fsp3) is 0.0667. The van der Waals surface area contributed by atoms with Crippen LogP contribution in [0, 0.1) is 0 Å². The van der Waals surface area contributed by atoms with Crippen molar-refractivity contribution in [2.75, 3.05) is 0 Å². The van der Waals surface area contributed by atoms with Gasteiger partial charge in [0, 0.05) is 5.56 Å². The van der Waals surface area contributed by atoms with Crippen molar-refractivity contribution < 1.29 is 9.63 Å². The summed E-state index contributed by atoms with van der Waals surface area (Å²) in [5, 5.41) is 2.89. The Morgan fingerprint density at radius 2 is 1.47 bits per heavy atom. The number of nitrogens with zero attached hydrogens (tertiary/aromatic N) is 1. The van der Waals surface area contributed by atoms with Crippen LogP contribution in [0.4, 0.5) is 0 Å². The van der Waals surface area contributed by atoms with Gasteiger partial charge in [0.05, 0.1) is 0 Å². The van der Waals surface area contributed by atoms with Crippen LogP contribution in [0.15, 0.2) is 59.8 Å². The Balaban J connectivity index is 1.90. The van der Waals surface area contributed by atoms with Gasteiger partial charge in [-0.25, -0.2) is 4.79 Å². The minimum atomic E-state index is -0.817. The lowest BCUT2D eigenvalue weighted by Gasteiger charge is -2.04. The van der Waals surface area contributed by atoms with Gasteiger partial charge >= 0.3 is 5.97 Å². The Morgan fingerprint density at radius 3 is 2.05 bits per heavy atom. The van der Waals surface area contributed by atoms with Gasteiger partial charge in [0.25, 0.3) is 0 Å². The van der Waals surface area contributed by atoms with Crippen LogP contribution in [0.1, 0.15) is 5.56 Å². The standard InChI is InChI=1S/C15H10ClNO2/c16-13-14(17-19-15(13)18)12-8-6-11(7-9-12)10-4-2-1-3-5-10/h1-9,13H. The highest BCUT2D eigenvalue weighted by molar-refractivity contribution is 6.45. The number of benzene rings is 2. The van der Waals surface area contributed by atoms with Crippen molar-refractivity contribution in [1.82, 2.24) is 0 Å². The Hall–Kier alpha value is -2.13. The highest BCUT2D eigenvalue weighted by Gasteiger charge is 2.31. The van der Waals surface area contributed by atoms with E-state index < -0.39 is 11.3 Å². The number of oxime groups is 1. The highest BCUT2D eigenvalue weighted by Crippen LogP contribution is 2.22. The molecule has 0 radical (unpaired) electrons. The molecule has 2 aromatic rings. The van der Waals surface area contributed by atoms with E-state index in [0.29, 0.717) is 5.71 Å². The van der Waals surface area contributed by atoms with E-state index in [0.717, 1.165) is 16.7 Å². The third-order valence-electron chi connectivity index (χ3n) is 2.97. The fourth-order valence-electron chi connectivity index (χ4n) is 1.96. The lowest BCUT2D eigenvalue weighted by Crippen LogP contribution is -2.18. The number of hydrogen-bond acceptors (Lipinski definition) is 3. The van der Waals surface area contributed by atoms with Crippen LogP contribution in [0.2, 0.25) is 0 Å². The van der Waals surface area contributed by atoms with Crippen LogP contribution in [-0.4, -0.2) is 17.1 Å². The van der Waals surface area contributed by atoms with Crippen molar-refractivity contribution in [2.24, 2.45) is 5.16 Å². The van der Waals surface area contributed by atoms with Gasteiger partial charge in [0.1, 0.15) is 5.71 Å². The molecule has 3 rings (SSSR count). The van der Waals surface area contributed by atoms with Crippen molar-refractivity contribution in [3.05, 3.63) is 60.2 Å². The summed E-state index contributed by atoms with van der Waals surface area (Å²) in [6, 6.07) is 17.8. The number of rotatable bonds is 2. The molecule has 2 aromatic carbocycles. The van der Waals surface area contributed by atoms with E-state index in [9.17, 15) is 4.79 Å². The fourth-order valence-corrected chi connectivity index (χ4v) is 2.17. The molecule has 94 valence electrons. The van der Waals surface area contributed by atoms with E-state index in [1.165, 1.54) is 0 Å². The molecule has 4 heteroatoms. The van der Waals surface area contributed by atoms with Crippen LogP contribution in [0.25, 0.3) is 11.1 Å². The Labute approximate surface area is 115 Å². The average molecular weight is 272 g/mol. The molecule has 1 aliphatic rings. The first-order valence-electron chi connectivity index (χ1n) is 5.84. The molecule has 19 heavy (non-hydrogen) atoms. The monoisotopic (exact) mass is 271 g/mol. The number of carbonyl (C=O) groups excluding carboxylic acids is 1. The predicted octanol–water partition coefficient (Wildman–Crippen LogP) is 3.22. The van der Waals surface area contributed by atoms with Gasteiger partial charge in [-0.1, -0.05) is 59.8 Å². The molecule has 0 fully saturated rings. The third-order valence-corrected chi connectivity index (χ3v) is 3.35. The number of carbonyl (C=O) groups is 1. The molecule has 1 unspecified atom stereocenters. The van der Waals surface area contributed by atoms with Crippen LogP contribution in [0.3, 0.4) is 0 Å². The number of hydrogen-bond donors (Lipinski definition) is 0. The first kappa shape index (κ1) is 11.9. The largest absolute Gasteiger partial charge is 0.358 e. The second kappa shape index (κ2) is 4.86. The predicted molar refractivity (Wildman–Crippen MR) is 74.1 cm³/mol. The van der Waals surface area contributed by atoms with Gasteiger partial charge in [0.2, 0.25) is 0 Å². The zero-order chi connectivity index (χ0) is 13.2. The molecule has 0 amide bonds. The van der Waals surface area contributed by atoms with Crippen molar-refractivity contribution in [3.8, 4) is 11.1 Å². The molecular weight excluding hydrogens is 262 g/mol. The van der Waals surface area contributed by atoms with E-state index in [1.54, 1.807) is 0 Å². The molecule has 3 nitrogen and oxygen atoms in total. The Kier molecular flexibility index (Phi) is 3.05. The van der Waals surface area contributed by atoms with E-state index in [4.69, 9.17) is 11.6 Å². The second-order valence-corrected chi connectivity index (χ2v) is 4.63. The van der Waals surface area contributed by atoms with Crippen molar-refractivity contribution >= 4 is 23.3 Å². The average Bonchev–Trinajstić information content (AvgIpc) is 2.80. The zero-order valence-corrected chi connectivity index (χ0v) is 10.7. The minimum absolute atomic E-state index is 0.464. The molecule has 0 aromatic heterocycles. The molecule has 0 saturated carbocycles. The summed E-state index contributed by atoms with van der Waals surface area (Å²) >= 11 is 5.91. The highest BCUT2D eigenvalue weighted by atomic mass is 35.5. The van der Waals surface area contributed by atoms with Crippen LogP contribution < -0.4 is 0 Å². The lowest BCUT2D eigenvalue weighted by molar-refractivity contribution is -0.139. The minimum Gasteiger partial charge on any atom is -0.316 e. The van der Waals surface area contributed by atoms with Crippen LogP contribution in [0.5, 0.6) is 0 Å². The maximum absolute atomic E-state index is 11.2. The molecule has 0 aliphatic carbocycles. The summed E-state index contributed by atoms with van der Waals surface area (Å²) in [4.78, 5) is 15.7. The van der Waals surface area contributed by atoms with Gasteiger partial charge in [-0.2, -0.15) is 0 Å². The summed E-state index contributed by atoms with van der Waals surface area (Å²) in [7, 11) is 0. The smallest absolute Gasteiger partial charge is 0.316 e. The number of halogens is 1. The topological polar surface area (TPSA) is 38.7 Å². The van der Waals surface area contributed by atoms with Gasteiger partial charge in [-0.3, -0.25) is 0 Å². The van der Waals surface area contributed by atoms with Crippen molar-refractivity contribution in [1.29, 1.82) is 0 Å². The van der Waals surface area contributed by atoms with E-state index >= 15 is 0 Å². The van der Waals surface area contributed by atoms with Gasteiger partial charge in [-0.15, -0.1) is 11.6 Å². The third kappa shape index (κ3) is 2.25. The molecule has 0 saturated heterocycles. The van der Waals surface area contributed by atoms with Crippen molar-refractivity contribution in [3.63, 3.8) is 0 Å². The normalized spacial score (nSPS) is 18.1. The Morgan fingerprint density at radius 1 is 0.895 bits per heavy atom. The maximum atomic E-state index is 11.2. The zero-order valence-electron chi connectivity index (χ0n) is 9.92. The molecule has 1 aliphatic heterocycles. The van der Waals surface area contributed by atoms with Gasteiger partial charge in [-0.05, 0) is 11.1 Å². The van der Waals surface area contributed by atoms with Crippen molar-refractivity contribution in [2.45, 2.75) is 5.38 Å². The summed E-state index contributed by atoms with van der Waals surface area (Å²) in [5.41, 5.74) is 3.50. The molecule has 0 bridgehead atoms. The van der Waals surface area contributed by atoms with Crippen LogP contribution in [-0.2, 0) is 9.63 Å². The first-order chi connectivity index (χ1) is 9.25. The molecule has 0 spiro atoms. The van der Waals surface area contributed by atoms with E-state index in [2.05, 4.69) is 9.99 Å². The second-order valence-electron chi connectivity index (χ2n) is 4.19. The van der Waals surface area contributed by atoms with Gasteiger partial charge < -0.3 is 4.84 Å². The lowest BCUT2D eigenvalue weighted by atomic mass is 10.0. The summed E-state index contributed by atoms with van der Waals surface area (Å²) in [6.07, 6.45) is 0. The van der Waals surface area contributed by atoms with Crippen LogP contribution >= 0.6 is 11.6 Å². The summed E-state index contributed by atoms with van der Waals surface area (Å²) in [6.45, 7) is 0. The summed E-state index contributed by atoms with van der Waals surface area (Å²) in [5.74, 6) is -0.524. The molecule has 0 N–H and O–H groups in total. The number of alkyl halides is 1. The quantitative estimate of drug-likeness (QED) is 0.621. The first-order valence-corrected chi connectivity index (χ1v) is 6.28. The SMILES string of the molecule is O=C1ON=C(c2ccc(-c3ccccc3)cc2)C1Cl.